The number of nitrogens with two attached hydrogens (primary N) is 1. The van der Waals surface area contributed by atoms with Gasteiger partial charge in [0.2, 0.25) is 5.91 Å². The third-order valence-corrected chi connectivity index (χ3v) is 4.97. The van der Waals surface area contributed by atoms with E-state index in [4.69, 9.17) is 5.73 Å². The van der Waals surface area contributed by atoms with Crippen LogP contribution < -0.4 is 16.0 Å². The summed E-state index contributed by atoms with van der Waals surface area (Å²) in [6.45, 7) is 7.34. The van der Waals surface area contributed by atoms with Crippen LogP contribution in [0.4, 0.5) is 11.4 Å². The lowest BCUT2D eigenvalue weighted by Crippen LogP contribution is -2.46. The minimum Gasteiger partial charge on any atom is -0.367 e. The summed E-state index contributed by atoms with van der Waals surface area (Å²) in [6, 6.07) is 17.5. The van der Waals surface area contributed by atoms with Gasteiger partial charge in [-0.3, -0.25) is 4.79 Å². The number of hydrogen-bond donors (Lipinski definition) is 2. The summed E-state index contributed by atoms with van der Waals surface area (Å²) < 4.78 is 0. The molecule has 0 bridgehead atoms. The molecule has 3 rings (SSSR count). The highest BCUT2D eigenvalue weighted by molar-refractivity contribution is 5.94. The summed E-state index contributed by atoms with van der Waals surface area (Å²) in [7, 11) is 0. The fourth-order valence-corrected chi connectivity index (χ4v) is 3.38. The van der Waals surface area contributed by atoms with E-state index < -0.39 is 0 Å². The fourth-order valence-electron chi connectivity index (χ4n) is 3.38. The Morgan fingerprint density at radius 3 is 2.17 bits per heavy atom. The summed E-state index contributed by atoms with van der Waals surface area (Å²) >= 11 is 0. The Morgan fingerprint density at radius 2 is 1.55 bits per heavy atom. The lowest BCUT2D eigenvalue weighted by molar-refractivity contribution is -0.116. The first kappa shape index (κ1) is 27.5. The average molecular weight is 462 g/mol. The van der Waals surface area contributed by atoms with Gasteiger partial charge in [-0.2, -0.15) is 0 Å². The van der Waals surface area contributed by atoms with Crippen molar-refractivity contribution in [2.45, 2.75) is 19.4 Å². The van der Waals surface area contributed by atoms with Crippen molar-refractivity contribution < 1.29 is 4.79 Å². The van der Waals surface area contributed by atoms with Crippen molar-refractivity contribution >= 4 is 54.5 Å². The Morgan fingerprint density at radius 1 is 0.966 bits per heavy atom. The predicted molar refractivity (Wildman–Crippen MR) is 129 cm³/mol. The number of rotatable bonds is 6. The topological polar surface area (TPSA) is 61.6 Å². The normalized spacial score (nSPS) is 14.6. The third kappa shape index (κ3) is 7.68. The van der Waals surface area contributed by atoms with Gasteiger partial charge in [-0.05, 0) is 24.2 Å². The van der Waals surface area contributed by atoms with Crippen LogP contribution in [0.1, 0.15) is 24.9 Å². The molecule has 0 aliphatic carbocycles. The van der Waals surface area contributed by atoms with Crippen LogP contribution in [0.3, 0.4) is 0 Å². The largest absolute Gasteiger partial charge is 0.367 e. The summed E-state index contributed by atoms with van der Waals surface area (Å²) in [5.74, 6) is -0.0546. The molecular weight excluding hydrogens is 431 g/mol. The predicted octanol–water partition coefficient (Wildman–Crippen LogP) is 4.12. The van der Waals surface area contributed by atoms with E-state index >= 15 is 0 Å². The third-order valence-electron chi connectivity index (χ3n) is 4.97. The minimum atomic E-state index is -0.295. The molecule has 2 aromatic rings. The van der Waals surface area contributed by atoms with E-state index in [1.165, 1.54) is 0 Å². The van der Waals surface area contributed by atoms with Gasteiger partial charge >= 0.3 is 0 Å². The van der Waals surface area contributed by atoms with E-state index in [-0.39, 0.29) is 55.6 Å². The van der Waals surface area contributed by atoms with Gasteiger partial charge in [0.1, 0.15) is 0 Å². The number of hydrogen-bond acceptors (Lipinski definition) is 4. The lowest BCUT2D eigenvalue weighted by Gasteiger charge is -2.36. The number of nitrogens with zero attached hydrogens (tertiary/aromatic N) is 2. The van der Waals surface area contributed by atoms with E-state index in [0.717, 1.165) is 49.7 Å². The number of anilines is 2. The fraction of sp³-hybridized carbons (Fsp3) is 0.381. The summed E-state index contributed by atoms with van der Waals surface area (Å²) in [4.78, 5) is 17.3. The zero-order chi connectivity index (χ0) is 18.4. The molecule has 2 aromatic carbocycles. The Hall–Kier alpha value is -1.50. The molecule has 29 heavy (non-hydrogen) atoms. The minimum absolute atomic E-state index is 0. The monoisotopic (exact) mass is 460 g/mol. The zero-order valence-electron chi connectivity index (χ0n) is 16.6. The molecule has 1 atom stereocenters. The van der Waals surface area contributed by atoms with Gasteiger partial charge in [0, 0.05) is 38.6 Å². The van der Waals surface area contributed by atoms with Crippen molar-refractivity contribution in [3.63, 3.8) is 0 Å². The highest BCUT2D eigenvalue weighted by atomic mass is 35.5. The Labute approximate surface area is 192 Å². The summed E-state index contributed by atoms with van der Waals surface area (Å²) in [5, 5.41) is 3.06. The molecule has 1 heterocycles. The van der Waals surface area contributed by atoms with Crippen LogP contribution in [0.15, 0.2) is 54.6 Å². The van der Waals surface area contributed by atoms with E-state index in [2.05, 4.69) is 28.1 Å². The molecule has 1 fully saturated rings. The zero-order valence-corrected chi connectivity index (χ0v) is 19.1. The molecule has 0 aromatic heterocycles. The maximum Gasteiger partial charge on any atom is 0.226 e. The number of nitrogens with one attached hydrogen (secondary N) is 1. The van der Waals surface area contributed by atoms with E-state index in [9.17, 15) is 4.79 Å². The van der Waals surface area contributed by atoms with Crippen LogP contribution in [0, 0.1) is 0 Å². The Balaban J connectivity index is 0.00000261. The number of amides is 1. The van der Waals surface area contributed by atoms with Gasteiger partial charge in [0.05, 0.1) is 11.4 Å². The summed E-state index contributed by atoms with van der Waals surface area (Å²) in [5.41, 5.74) is 9.11. The van der Waals surface area contributed by atoms with Gasteiger partial charge in [0.15, 0.2) is 0 Å². The Kier molecular flexibility index (Phi) is 13.0. The van der Waals surface area contributed by atoms with Crippen molar-refractivity contribution in [1.29, 1.82) is 0 Å². The highest BCUT2D eigenvalue weighted by Crippen LogP contribution is 2.27. The highest BCUT2D eigenvalue weighted by Gasteiger charge is 2.19. The van der Waals surface area contributed by atoms with Crippen LogP contribution in [0.25, 0.3) is 0 Å². The number of piperazine rings is 1. The smallest absolute Gasteiger partial charge is 0.226 e. The van der Waals surface area contributed by atoms with Gasteiger partial charge in [-0.15, -0.1) is 37.2 Å². The standard InChI is InChI=1S/C21H28N4O.3ClH/c1-2-24-12-14-25(15-13-24)20-11-7-6-10-19(20)23-21(26)16-18(22)17-8-4-3-5-9-17;;;/h3-11,18H,2,12-16,22H2,1H3,(H,23,26);3*1H. The maximum atomic E-state index is 12.5. The van der Waals surface area contributed by atoms with Gasteiger partial charge in [-0.25, -0.2) is 0 Å². The van der Waals surface area contributed by atoms with Gasteiger partial charge in [0.25, 0.3) is 0 Å². The Bertz CT molecular complexity index is 725. The van der Waals surface area contributed by atoms with Crippen molar-refractivity contribution in [3.8, 4) is 0 Å². The SMILES string of the molecule is CCN1CCN(c2ccccc2NC(=O)CC(N)c2ccccc2)CC1.Cl.Cl.Cl. The first-order valence-electron chi connectivity index (χ1n) is 9.34. The second-order valence-corrected chi connectivity index (χ2v) is 6.71. The molecule has 162 valence electrons. The molecule has 5 nitrogen and oxygen atoms in total. The molecule has 1 saturated heterocycles. The van der Waals surface area contributed by atoms with Crippen LogP contribution in [-0.4, -0.2) is 43.5 Å². The number of carbonyl (C=O) groups is 1. The lowest BCUT2D eigenvalue weighted by atomic mass is 10.0. The second kappa shape index (κ2) is 13.7. The van der Waals surface area contributed by atoms with Crippen molar-refractivity contribution in [2.24, 2.45) is 5.73 Å². The molecule has 8 heteroatoms. The van der Waals surface area contributed by atoms with Crippen molar-refractivity contribution in [3.05, 3.63) is 60.2 Å². The molecule has 0 spiro atoms. The molecule has 0 saturated carbocycles. The van der Waals surface area contributed by atoms with Crippen LogP contribution in [-0.2, 0) is 4.79 Å². The molecule has 1 amide bonds. The molecule has 1 unspecified atom stereocenters. The number of carbonyl (C=O) groups excluding carboxylic acids is 1. The van der Waals surface area contributed by atoms with Crippen LogP contribution in [0.5, 0.6) is 0 Å². The molecular formula is C21H31Cl3N4O. The van der Waals surface area contributed by atoms with Gasteiger partial charge < -0.3 is 20.9 Å². The number of benzene rings is 2. The van der Waals surface area contributed by atoms with E-state index in [1.54, 1.807) is 0 Å². The second-order valence-electron chi connectivity index (χ2n) is 6.71. The molecule has 0 radical (unpaired) electrons. The number of para-hydroxylation sites is 2. The van der Waals surface area contributed by atoms with E-state index in [0.29, 0.717) is 0 Å². The van der Waals surface area contributed by atoms with Crippen LogP contribution in [0.2, 0.25) is 0 Å². The summed E-state index contributed by atoms with van der Waals surface area (Å²) in [6.07, 6.45) is 0.266. The average Bonchev–Trinajstić information content (AvgIpc) is 2.69. The quantitative estimate of drug-likeness (QED) is 0.679. The first-order valence-corrected chi connectivity index (χ1v) is 9.34. The molecule has 3 N–H and O–H groups in total. The first-order chi connectivity index (χ1) is 12.7. The number of likely N-dealkylation sites (N-methyl/N-ethyl adjacent to an activating group) is 1. The van der Waals surface area contributed by atoms with Crippen LogP contribution >= 0.6 is 37.2 Å². The molecule has 1 aliphatic heterocycles. The maximum absolute atomic E-state index is 12.5. The number of halogens is 3. The van der Waals surface area contributed by atoms with Gasteiger partial charge in [-0.1, -0.05) is 49.4 Å². The molecule has 1 aliphatic rings. The van der Waals surface area contributed by atoms with E-state index in [1.807, 2.05) is 48.5 Å². The van der Waals surface area contributed by atoms with Crippen molar-refractivity contribution in [1.82, 2.24) is 4.90 Å². The van der Waals surface area contributed by atoms with Crippen molar-refractivity contribution in [2.75, 3.05) is 42.9 Å².